The molecule has 0 radical (unpaired) electrons. The van der Waals surface area contributed by atoms with Crippen LogP contribution >= 0.6 is 12.2 Å². The summed E-state index contributed by atoms with van der Waals surface area (Å²) in [5.74, 6) is 1.90. The van der Waals surface area contributed by atoms with Gasteiger partial charge in [0.05, 0.1) is 0 Å². The lowest BCUT2D eigenvalue weighted by molar-refractivity contribution is 0.422. The molecular formula is C36H50N6O3S. The number of phenols is 2. The molecule has 4 aromatic rings. The maximum absolute atomic E-state index is 11.1. The van der Waals surface area contributed by atoms with E-state index in [1.165, 1.54) is 0 Å². The topological polar surface area (TPSA) is 146 Å². The van der Waals surface area contributed by atoms with Crippen LogP contribution in [0.3, 0.4) is 0 Å². The first-order chi connectivity index (χ1) is 21.0. The Balaban J connectivity index is 0.000000250. The fourth-order valence-corrected chi connectivity index (χ4v) is 5.02. The predicted octanol–water partition coefficient (Wildman–Crippen LogP) is 8.51. The third-order valence-corrected chi connectivity index (χ3v) is 7.60. The van der Waals surface area contributed by atoms with Crippen LogP contribution in [0.5, 0.6) is 11.5 Å². The molecule has 0 aliphatic rings. The molecule has 0 saturated heterocycles. The molecule has 46 heavy (non-hydrogen) atoms. The van der Waals surface area contributed by atoms with Crippen molar-refractivity contribution in [3.63, 3.8) is 0 Å². The van der Waals surface area contributed by atoms with E-state index in [4.69, 9.17) is 12.2 Å². The Hall–Kier alpha value is -4.18. The lowest BCUT2D eigenvalue weighted by Crippen LogP contribution is -2.17. The van der Waals surface area contributed by atoms with Gasteiger partial charge in [-0.2, -0.15) is 5.10 Å². The van der Waals surface area contributed by atoms with E-state index in [0.29, 0.717) is 27.9 Å². The number of nitrogens with zero attached hydrogens (tertiary/aromatic N) is 2. The molecule has 0 unspecified atom stereocenters. The number of hydrogen-bond donors (Lipinski definition) is 6. The van der Waals surface area contributed by atoms with Crippen molar-refractivity contribution in [2.24, 2.45) is 0 Å². The molecule has 9 nitrogen and oxygen atoms in total. The molecule has 0 saturated carbocycles. The largest absolute Gasteiger partial charge is 0.507 e. The van der Waals surface area contributed by atoms with Crippen molar-refractivity contribution in [2.45, 2.75) is 105 Å². The first kappa shape index (κ1) is 36.3. The number of aromatic nitrogens is 6. The van der Waals surface area contributed by atoms with Gasteiger partial charge in [0.1, 0.15) is 17.3 Å². The SMILES string of the molecule is CC(C)(C)c1cc(/C=C/c2n[nH]c(=O)[nH]2)cc(C(C)(C)C)c1O.CC(C)(C)c1cc(/C=C/c2nc(=S)[nH][nH]2)cc(C(C)(C)C)c1O. The van der Waals surface area contributed by atoms with E-state index < -0.39 is 0 Å². The zero-order valence-corrected chi connectivity index (χ0v) is 30.0. The average Bonchev–Trinajstić information content (AvgIpc) is 3.52. The highest BCUT2D eigenvalue weighted by Gasteiger charge is 2.27. The molecule has 0 aliphatic heterocycles. The highest BCUT2D eigenvalue weighted by molar-refractivity contribution is 7.71. The first-order valence-corrected chi connectivity index (χ1v) is 15.8. The molecule has 0 fully saturated rings. The van der Waals surface area contributed by atoms with Gasteiger partial charge in [-0.25, -0.2) is 14.9 Å². The fraction of sp³-hybridized carbons (Fsp3) is 0.444. The van der Waals surface area contributed by atoms with Crippen molar-refractivity contribution in [3.05, 3.63) is 84.6 Å². The first-order valence-electron chi connectivity index (χ1n) is 15.4. The summed E-state index contributed by atoms with van der Waals surface area (Å²) < 4.78 is 0.432. The molecule has 2 aromatic carbocycles. The summed E-state index contributed by atoms with van der Waals surface area (Å²) in [4.78, 5) is 17.8. The number of aromatic hydroxyl groups is 2. The highest BCUT2D eigenvalue weighted by Crippen LogP contribution is 2.41. The molecule has 10 heteroatoms. The quantitative estimate of drug-likeness (QED) is 0.123. The predicted molar refractivity (Wildman–Crippen MR) is 192 cm³/mol. The summed E-state index contributed by atoms with van der Waals surface area (Å²) in [5.41, 5.74) is 4.73. The molecule has 0 spiro atoms. The summed E-state index contributed by atoms with van der Waals surface area (Å²) in [6.45, 7) is 25.1. The molecule has 2 heterocycles. The number of aromatic amines is 4. The van der Waals surface area contributed by atoms with Gasteiger partial charge in [-0.05, 0) is 81.4 Å². The number of rotatable bonds is 4. The minimum Gasteiger partial charge on any atom is -0.507 e. The van der Waals surface area contributed by atoms with Gasteiger partial charge in [-0.1, -0.05) is 95.2 Å². The smallest absolute Gasteiger partial charge is 0.340 e. The van der Waals surface area contributed by atoms with Crippen LogP contribution in [0.4, 0.5) is 0 Å². The highest BCUT2D eigenvalue weighted by atomic mass is 32.1. The Morgan fingerprint density at radius 1 is 0.609 bits per heavy atom. The summed E-state index contributed by atoms with van der Waals surface area (Å²) in [6, 6.07) is 8.02. The lowest BCUT2D eigenvalue weighted by atomic mass is 9.78. The molecular weight excluding hydrogens is 597 g/mol. The molecule has 248 valence electrons. The van der Waals surface area contributed by atoms with Crippen molar-refractivity contribution in [3.8, 4) is 11.5 Å². The number of phenolic OH excluding ortho intramolecular Hbond substituents is 2. The molecule has 2 aromatic heterocycles. The second-order valence-corrected chi connectivity index (χ2v) is 16.1. The maximum atomic E-state index is 11.1. The van der Waals surface area contributed by atoms with E-state index in [-0.39, 0.29) is 27.3 Å². The van der Waals surface area contributed by atoms with Crippen molar-refractivity contribution >= 4 is 36.5 Å². The van der Waals surface area contributed by atoms with E-state index in [1.54, 1.807) is 6.08 Å². The molecule has 0 aliphatic carbocycles. The number of nitrogens with one attached hydrogen (secondary N) is 4. The lowest BCUT2D eigenvalue weighted by Gasteiger charge is -2.27. The van der Waals surface area contributed by atoms with E-state index in [0.717, 1.165) is 33.4 Å². The standard InChI is InChI=1S/C18H25N3O2.C18H25N3OS/c2*1-17(2,3)12-9-11(7-8-14-19-16(23)21-20-14)10-13(15(12)22)18(4,5)6/h2*7-10,22H,1-6H3,(H2,19,20,21,23)/b2*8-7+. The second kappa shape index (κ2) is 13.3. The number of hydrogen-bond acceptors (Lipinski definition) is 6. The molecule has 6 N–H and O–H groups in total. The second-order valence-electron chi connectivity index (χ2n) is 15.7. The van der Waals surface area contributed by atoms with E-state index in [9.17, 15) is 15.0 Å². The Labute approximate surface area is 277 Å². The zero-order valence-electron chi connectivity index (χ0n) is 29.2. The van der Waals surface area contributed by atoms with Gasteiger partial charge in [0, 0.05) is 22.3 Å². The fourth-order valence-electron chi connectivity index (χ4n) is 4.87. The molecule has 0 amide bonds. The number of H-pyrrole nitrogens is 4. The van der Waals surface area contributed by atoms with Crippen molar-refractivity contribution in [2.75, 3.05) is 0 Å². The monoisotopic (exact) mass is 646 g/mol. The van der Waals surface area contributed by atoms with Gasteiger partial charge in [-0.15, -0.1) is 0 Å². The summed E-state index contributed by atoms with van der Waals surface area (Å²) in [7, 11) is 0. The van der Waals surface area contributed by atoms with Crippen LogP contribution in [-0.2, 0) is 21.7 Å². The van der Waals surface area contributed by atoms with Crippen LogP contribution < -0.4 is 5.69 Å². The minimum atomic E-state index is -0.332. The van der Waals surface area contributed by atoms with Gasteiger partial charge >= 0.3 is 5.69 Å². The van der Waals surface area contributed by atoms with Gasteiger partial charge in [0.25, 0.3) is 0 Å². The third kappa shape index (κ3) is 9.42. The normalized spacial score (nSPS) is 13.0. The summed E-state index contributed by atoms with van der Waals surface area (Å²) in [6.07, 6.45) is 7.47. The Bertz CT molecular complexity index is 1640. The molecule has 4 rings (SSSR count). The van der Waals surface area contributed by atoms with Crippen LogP contribution in [0.2, 0.25) is 0 Å². The molecule has 0 atom stereocenters. The third-order valence-electron chi connectivity index (χ3n) is 7.40. The van der Waals surface area contributed by atoms with E-state index in [2.05, 4.69) is 113 Å². The molecule has 0 bridgehead atoms. The average molecular weight is 647 g/mol. The van der Waals surface area contributed by atoms with Crippen LogP contribution in [0, 0.1) is 4.77 Å². The van der Waals surface area contributed by atoms with Gasteiger partial charge in [-0.3, -0.25) is 15.2 Å². The van der Waals surface area contributed by atoms with Crippen molar-refractivity contribution < 1.29 is 10.2 Å². The Morgan fingerprint density at radius 2 is 0.978 bits per heavy atom. The van der Waals surface area contributed by atoms with Crippen LogP contribution in [0.1, 0.15) is 128 Å². The van der Waals surface area contributed by atoms with Crippen LogP contribution in [0.15, 0.2) is 29.1 Å². The minimum absolute atomic E-state index is 0.139. The van der Waals surface area contributed by atoms with E-state index in [1.807, 2.05) is 42.5 Å². The van der Waals surface area contributed by atoms with Gasteiger partial charge in [0.2, 0.25) is 4.77 Å². The van der Waals surface area contributed by atoms with E-state index >= 15 is 0 Å². The summed E-state index contributed by atoms with van der Waals surface area (Å²) >= 11 is 4.96. The Morgan fingerprint density at radius 3 is 1.26 bits per heavy atom. The van der Waals surface area contributed by atoms with Crippen molar-refractivity contribution in [1.82, 2.24) is 30.4 Å². The van der Waals surface area contributed by atoms with Gasteiger partial charge < -0.3 is 10.2 Å². The summed E-state index contributed by atoms with van der Waals surface area (Å²) in [5, 5.41) is 33.3. The van der Waals surface area contributed by atoms with Gasteiger partial charge in [0.15, 0.2) is 5.82 Å². The Kier molecular flexibility index (Phi) is 10.5. The number of benzene rings is 2. The maximum Gasteiger partial charge on any atom is 0.340 e. The van der Waals surface area contributed by atoms with Crippen LogP contribution in [0.25, 0.3) is 24.3 Å². The zero-order chi connectivity index (χ0) is 34.8. The van der Waals surface area contributed by atoms with Crippen molar-refractivity contribution in [1.29, 1.82) is 0 Å². The van der Waals surface area contributed by atoms with Crippen LogP contribution in [-0.4, -0.2) is 40.6 Å².